The van der Waals surface area contributed by atoms with Gasteiger partial charge in [0, 0.05) is 30.7 Å². The Morgan fingerprint density at radius 3 is 2.40 bits per heavy atom. The van der Waals surface area contributed by atoms with Crippen molar-refractivity contribution >= 4 is 5.69 Å². The molecule has 0 amide bonds. The van der Waals surface area contributed by atoms with Crippen LogP contribution in [0.4, 0.5) is 10.1 Å². The minimum absolute atomic E-state index is 0.00171. The zero-order chi connectivity index (χ0) is 14.0. The molecule has 0 radical (unpaired) electrons. The maximum Gasteiger partial charge on any atom is 0.123 e. The highest BCUT2D eigenvalue weighted by Crippen LogP contribution is 2.43. The number of rotatable bonds is 3. The number of nitrogens with two attached hydrogens (primary N) is 1. The van der Waals surface area contributed by atoms with Crippen molar-refractivity contribution in [2.45, 2.75) is 50.4 Å². The molecule has 1 aliphatic heterocycles. The van der Waals surface area contributed by atoms with Gasteiger partial charge in [-0.25, -0.2) is 4.39 Å². The molecule has 3 heteroatoms. The fraction of sp³-hybridized carbons (Fsp3) is 0.647. The number of anilines is 1. The molecular formula is C17H25FN2. The van der Waals surface area contributed by atoms with Crippen LogP contribution in [0.1, 0.15) is 50.5 Å². The molecule has 2 fully saturated rings. The highest BCUT2D eigenvalue weighted by Gasteiger charge is 2.36. The molecule has 0 bridgehead atoms. The van der Waals surface area contributed by atoms with Crippen molar-refractivity contribution in [1.29, 1.82) is 0 Å². The molecule has 20 heavy (non-hydrogen) atoms. The summed E-state index contributed by atoms with van der Waals surface area (Å²) in [5.74, 6) is -0.124. The Kier molecular flexibility index (Phi) is 3.97. The summed E-state index contributed by atoms with van der Waals surface area (Å²) in [6.07, 6.45) is 8.41. The molecule has 1 aromatic carbocycles. The predicted molar refractivity (Wildman–Crippen MR) is 81.7 cm³/mol. The number of nitrogens with zero attached hydrogens (tertiary/aromatic N) is 1. The molecular weight excluding hydrogens is 251 g/mol. The SMILES string of the molecule is NCC1(c2cc(F)ccc2N2CCCC2)CCCCC1. The molecule has 1 aliphatic carbocycles. The summed E-state index contributed by atoms with van der Waals surface area (Å²) in [5, 5.41) is 0. The Hall–Kier alpha value is -1.09. The van der Waals surface area contributed by atoms with E-state index in [1.165, 1.54) is 43.4 Å². The van der Waals surface area contributed by atoms with E-state index in [9.17, 15) is 4.39 Å². The molecule has 2 aliphatic rings. The molecule has 0 aromatic heterocycles. The van der Waals surface area contributed by atoms with Crippen LogP contribution in [0.5, 0.6) is 0 Å². The molecule has 1 saturated heterocycles. The third-order valence-electron chi connectivity index (χ3n) is 5.18. The first-order chi connectivity index (χ1) is 9.75. The zero-order valence-electron chi connectivity index (χ0n) is 12.2. The molecule has 0 spiro atoms. The summed E-state index contributed by atoms with van der Waals surface area (Å²) in [5.41, 5.74) is 8.55. The van der Waals surface area contributed by atoms with Crippen molar-refractivity contribution in [3.8, 4) is 0 Å². The van der Waals surface area contributed by atoms with Crippen molar-refractivity contribution < 1.29 is 4.39 Å². The van der Waals surface area contributed by atoms with Gasteiger partial charge < -0.3 is 10.6 Å². The molecule has 110 valence electrons. The number of hydrogen-bond acceptors (Lipinski definition) is 2. The van der Waals surface area contributed by atoms with Crippen LogP contribution in [0, 0.1) is 5.82 Å². The van der Waals surface area contributed by atoms with E-state index in [0.717, 1.165) is 25.9 Å². The third-order valence-corrected chi connectivity index (χ3v) is 5.18. The molecule has 1 heterocycles. The first-order valence-electron chi connectivity index (χ1n) is 8.00. The van der Waals surface area contributed by atoms with E-state index in [4.69, 9.17) is 5.73 Å². The average molecular weight is 276 g/mol. The highest BCUT2D eigenvalue weighted by molar-refractivity contribution is 5.58. The van der Waals surface area contributed by atoms with E-state index < -0.39 is 0 Å². The highest BCUT2D eigenvalue weighted by atomic mass is 19.1. The summed E-state index contributed by atoms with van der Waals surface area (Å²) in [6.45, 7) is 2.83. The quantitative estimate of drug-likeness (QED) is 0.914. The van der Waals surface area contributed by atoms with E-state index in [1.54, 1.807) is 12.1 Å². The smallest absolute Gasteiger partial charge is 0.123 e. The van der Waals surface area contributed by atoms with Gasteiger partial charge >= 0.3 is 0 Å². The maximum absolute atomic E-state index is 13.8. The fourth-order valence-corrected chi connectivity index (χ4v) is 3.98. The van der Waals surface area contributed by atoms with Crippen LogP contribution >= 0.6 is 0 Å². The Morgan fingerprint density at radius 1 is 1.05 bits per heavy atom. The number of hydrogen-bond donors (Lipinski definition) is 1. The van der Waals surface area contributed by atoms with E-state index >= 15 is 0 Å². The lowest BCUT2D eigenvalue weighted by Gasteiger charge is -2.39. The maximum atomic E-state index is 13.8. The topological polar surface area (TPSA) is 29.3 Å². The van der Waals surface area contributed by atoms with Crippen LogP contribution in [0.2, 0.25) is 0 Å². The molecule has 1 saturated carbocycles. The Bertz CT molecular complexity index is 460. The van der Waals surface area contributed by atoms with Crippen molar-refractivity contribution in [3.63, 3.8) is 0 Å². The van der Waals surface area contributed by atoms with Crippen molar-refractivity contribution in [1.82, 2.24) is 0 Å². The number of halogens is 1. The lowest BCUT2D eigenvalue weighted by Crippen LogP contribution is -2.39. The van der Waals surface area contributed by atoms with Gasteiger partial charge in [-0.1, -0.05) is 19.3 Å². The Balaban J connectivity index is 2.03. The summed E-state index contributed by atoms with van der Waals surface area (Å²) in [4.78, 5) is 2.42. The van der Waals surface area contributed by atoms with E-state index in [-0.39, 0.29) is 11.2 Å². The lowest BCUT2D eigenvalue weighted by molar-refractivity contribution is 0.300. The van der Waals surface area contributed by atoms with Gasteiger partial charge in [0.05, 0.1) is 0 Å². The third kappa shape index (κ3) is 2.44. The first kappa shape index (κ1) is 13.9. The predicted octanol–water partition coefficient (Wildman–Crippen LogP) is 3.59. The lowest BCUT2D eigenvalue weighted by atomic mass is 9.69. The van der Waals surface area contributed by atoms with Crippen LogP contribution < -0.4 is 10.6 Å². The summed E-state index contributed by atoms with van der Waals surface area (Å²) in [7, 11) is 0. The minimum Gasteiger partial charge on any atom is -0.371 e. The molecule has 0 atom stereocenters. The Labute approximate surface area is 121 Å². The molecule has 0 unspecified atom stereocenters. The van der Waals surface area contributed by atoms with Crippen molar-refractivity contribution in [2.75, 3.05) is 24.5 Å². The molecule has 2 nitrogen and oxygen atoms in total. The van der Waals surface area contributed by atoms with Gasteiger partial charge in [0.25, 0.3) is 0 Å². The van der Waals surface area contributed by atoms with E-state index in [1.807, 2.05) is 6.07 Å². The first-order valence-corrected chi connectivity index (χ1v) is 8.00. The van der Waals surface area contributed by atoms with Gasteiger partial charge in [-0.2, -0.15) is 0 Å². The molecule has 1 aromatic rings. The van der Waals surface area contributed by atoms with Gasteiger partial charge in [-0.05, 0) is 49.4 Å². The second kappa shape index (κ2) is 5.72. The van der Waals surface area contributed by atoms with Gasteiger partial charge in [0.2, 0.25) is 0 Å². The number of benzene rings is 1. The summed E-state index contributed by atoms with van der Waals surface area (Å²) in [6, 6.07) is 5.33. The van der Waals surface area contributed by atoms with Crippen LogP contribution in [0.25, 0.3) is 0 Å². The fourth-order valence-electron chi connectivity index (χ4n) is 3.98. The minimum atomic E-state index is -0.124. The monoisotopic (exact) mass is 276 g/mol. The largest absolute Gasteiger partial charge is 0.371 e. The van der Waals surface area contributed by atoms with Gasteiger partial charge in [0.15, 0.2) is 0 Å². The molecule has 3 rings (SSSR count). The van der Waals surface area contributed by atoms with Crippen molar-refractivity contribution in [2.24, 2.45) is 5.73 Å². The standard InChI is InChI=1S/C17H25FN2/c18-14-6-7-16(20-10-4-5-11-20)15(12-14)17(13-19)8-2-1-3-9-17/h6-7,12H,1-5,8-11,13,19H2. The average Bonchev–Trinajstić information content (AvgIpc) is 3.02. The zero-order valence-corrected chi connectivity index (χ0v) is 12.2. The summed E-state index contributed by atoms with van der Waals surface area (Å²) >= 11 is 0. The second-order valence-electron chi connectivity index (χ2n) is 6.40. The van der Waals surface area contributed by atoms with Crippen LogP contribution in [-0.2, 0) is 5.41 Å². The van der Waals surface area contributed by atoms with Gasteiger partial charge in [-0.15, -0.1) is 0 Å². The van der Waals surface area contributed by atoms with Crippen LogP contribution in [0.3, 0.4) is 0 Å². The summed E-state index contributed by atoms with van der Waals surface area (Å²) < 4.78 is 13.8. The van der Waals surface area contributed by atoms with Gasteiger partial charge in [0.1, 0.15) is 5.82 Å². The van der Waals surface area contributed by atoms with Crippen molar-refractivity contribution in [3.05, 3.63) is 29.6 Å². The molecule has 2 N–H and O–H groups in total. The normalized spacial score (nSPS) is 22.2. The Morgan fingerprint density at radius 2 is 1.75 bits per heavy atom. The van der Waals surface area contributed by atoms with E-state index in [2.05, 4.69) is 4.90 Å². The van der Waals surface area contributed by atoms with E-state index in [0.29, 0.717) is 6.54 Å². The van der Waals surface area contributed by atoms with Crippen LogP contribution in [0.15, 0.2) is 18.2 Å². The second-order valence-corrected chi connectivity index (χ2v) is 6.40. The van der Waals surface area contributed by atoms with Crippen LogP contribution in [-0.4, -0.2) is 19.6 Å². The van der Waals surface area contributed by atoms with Gasteiger partial charge in [-0.3, -0.25) is 0 Å².